The first kappa shape index (κ1) is 15.5. The molecule has 5 nitrogen and oxygen atoms in total. The number of nitrogens with two attached hydrogens (primary N) is 1. The van der Waals surface area contributed by atoms with E-state index < -0.39 is 17.9 Å². The summed E-state index contributed by atoms with van der Waals surface area (Å²) in [6.45, 7) is 1.13. The number of hydrogen-bond acceptors (Lipinski definition) is 3. The monoisotopic (exact) mass is 312 g/mol. The van der Waals surface area contributed by atoms with Gasteiger partial charge in [0.15, 0.2) is 0 Å². The maximum absolute atomic E-state index is 12.1. The van der Waals surface area contributed by atoms with Gasteiger partial charge in [-0.3, -0.25) is 14.5 Å². The number of likely N-dealkylation sites (tertiary alicyclic amines) is 1. The zero-order chi connectivity index (χ0) is 16.4. The van der Waals surface area contributed by atoms with Gasteiger partial charge in [-0.25, -0.2) is 0 Å². The standard InChI is InChI=1S/C18H20N2O3/c19-17(21)16(20-10-8-13(9-11-20)18(22)23)15-7-3-5-12-4-1-2-6-14(12)15/h1-7,13,16H,8-11H2,(H2,19,21)(H,22,23). The molecule has 0 saturated carbocycles. The number of rotatable bonds is 4. The Labute approximate surface area is 134 Å². The van der Waals surface area contributed by atoms with E-state index in [-0.39, 0.29) is 5.92 Å². The predicted octanol–water partition coefficient (Wildman–Crippen LogP) is 2.16. The normalized spacial score (nSPS) is 17.9. The molecule has 2 aromatic carbocycles. The van der Waals surface area contributed by atoms with E-state index in [1.165, 1.54) is 0 Å². The summed E-state index contributed by atoms with van der Waals surface area (Å²) in [6.07, 6.45) is 1.09. The highest BCUT2D eigenvalue weighted by molar-refractivity contribution is 5.92. The minimum atomic E-state index is -0.759. The molecule has 1 aliphatic rings. The van der Waals surface area contributed by atoms with E-state index in [1.54, 1.807) is 0 Å². The second kappa shape index (κ2) is 6.38. The van der Waals surface area contributed by atoms with Crippen molar-refractivity contribution in [3.63, 3.8) is 0 Å². The number of fused-ring (bicyclic) bond motifs is 1. The SMILES string of the molecule is NC(=O)C(c1cccc2ccccc12)N1CCC(C(=O)O)CC1. The van der Waals surface area contributed by atoms with Crippen LogP contribution in [0.25, 0.3) is 10.8 Å². The van der Waals surface area contributed by atoms with Crippen LogP contribution in [0.15, 0.2) is 42.5 Å². The summed E-state index contributed by atoms with van der Waals surface area (Å²) >= 11 is 0. The largest absolute Gasteiger partial charge is 0.481 e. The van der Waals surface area contributed by atoms with Crippen LogP contribution in [0.2, 0.25) is 0 Å². The molecule has 1 aliphatic heterocycles. The number of carbonyl (C=O) groups is 2. The van der Waals surface area contributed by atoms with Gasteiger partial charge in [-0.15, -0.1) is 0 Å². The maximum atomic E-state index is 12.1. The lowest BCUT2D eigenvalue weighted by molar-refractivity contribution is -0.143. The number of nitrogens with zero attached hydrogens (tertiary/aromatic N) is 1. The number of aliphatic carboxylic acids is 1. The fourth-order valence-corrected chi connectivity index (χ4v) is 3.42. The number of carboxylic acid groups (broad SMARTS) is 1. The third-order valence-electron chi connectivity index (χ3n) is 4.63. The topological polar surface area (TPSA) is 83.6 Å². The molecule has 23 heavy (non-hydrogen) atoms. The number of piperidine rings is 1. The van der Waals surface area contributed by atoms with Crippen LogP contribution in [-0.4, -0.2) is 35.0 Å². The average molecular weight is 312 g/mol. The van der Waals surface area contributed by atoms with Crippen molar-refractivity contribution in [3.8, 4) is 0 Å². The molecular weight excluding hydrogens is 292 g/mol. The van der Waals surface area contributed by atoms with Gasteiger partial charge in [0.25, 0.3) is 0 Å². The van der Waals surface area contributed by atoms with E-state index in [9.17, 15) is 9.59 Å². The molecule has 3 N–H and O–H groups in total. The van der Waals surface area contributed by atoms with Crippen molar-refractivity contribution < 1.29 is 14.7 Å². The third kappa shape index (κ3) is 3.05. The van der Waals surface area contributed by atoms with Crippen molar-refractivity contribution in [2.45, 2.75) is 18.9 Å². The molecule has 1 atom stereocenters. The smallest absolute Gasteiger partial charge is 0.306 e. The Bertz CT molecular complexity index is 731. The summed E-state index contributed by atoms with van der Waals surface area (Å²) in [5.74, 6) is -1.48. The second-order valence-corrected chi connectivity index (χ2v) is 6.02. The zero-order valence-electron chi connectivity index (χ0n) is 12.8. The summed E-state index contributed by atoms with van der Waals surface area (Å²) in [4.78, 5) is 25.2. The van der Waals surface area contributed by atoms with E-state index in [1.807, 2.05) is 47.4 Å². The van der Waals surface area contributed by atoms with Crippen LogP contribution < -0.4 is 5.73 Å². The van der Waals surface area contributed by atoms with E-state index in [0.717, 1.165) is 16.3 Å². The van der Waals surface area contributed by atoms with Gasteiger partial charge >= 0.3 is 5.97 Å². The van der Waals surface area contributed by atoms with Gasteiger partial charge in [0.2, 0.25) is 5.91 Å². The number of carbonyl (C=O) groups excluding carboxylic acids is 1. The number of carboxylic acids is 1. The van der Waals surface area contributed by atoms with Crippen LogP contribution in [0.5, 0.6) is 0 Å². The van der Waals surface area contributed by atoms with Gasteiger partial charge in [0.1, 0.15) is 6.04 Å². The Morgan fingerprint density at radius 1 is 1.09 bits per heavy atom. The molecule has 1 saturated heterocycles. The van der Waals surface area contributed by atoms with Crippen LogP contribution in [0, 0.1) is 5.92 Å². The zero-order valence-corrected chi connectivity index (χ0v) is 12.8. The Hall–Kier alpha value is -2.40. The highest BCUT2D eigenvalue weighted by Gasteiger charge is 2.32. The Morgan fingerprint density at radius 3 is 2.39 bits per heavy atom. The molecular formula is C18H20N2O3. The van der Waals surface area contributed by atoms with E-state index >= 15 is 0 Å². The third-order valence-corrected chi connectivity index (χ3v) is 4.63. The molecule has 3 rings (SSSR count). The Kier molecular flexibility index (Phi) is 4.30. The molecule has 5 heteroatoms. The fraction of sp³-hybridized carbons (Fsp3) is 0.333. The number of benzene rings is 2. The summed E-state index contributed by atoms with van der Waals surface area (Å²) < 4.78 is 0. The summed E-state index contributed by atoms with van der Waals surface area (Å²) in [7, 11) is 0. The first-order valence-electron chi connectivity index (χ1n) is 7.82. The first-order valence-corrected chi connectivity index (χ1v) is 7.82. The van der Waals surface area contributed by atoms with Crippen molar-refractivity contribution in [3.05, 3.63) is 48.0 Å². The van der Waals surface area contributed by atoms with Crippen LogP contribution >= 0.6 is 0 Å². The van der Waals surface area contributed by atoms with Crippen molar-refractivity contribution in [2.24, 2.45) is 11.7 Å². The molecule has 120 valence electrons. The van der Waals surface area contributed by atoms with Crippen LogP contribution in [0.4, 0.5) is 0 Å². The number of primary amides is 1. The molecule has 1 unspecified atom stereocenters. The second-order valence-electron chi connectivity index (χ2n) is 6.02. The summed E-state index contributed by atoms with van der Waals surface area (Å²) in [5, 5.41) is 11.2. The lowest BCUT2D eigenvalue weighted by Gasteiger charge is -2.35. The minimum Gasteiger partial charge on any atom is -0.481 e. The molecule has 0 radical (unpaired) electrons. The van der Waals surface area contributed by atoms with E-state index in [2.05, 4.69) is 0 Å². The van der Waals surface area contributed by atoms with Crippen LogP contribution in [0.3, 0.4) is 0 Å². The molecule has 1 heterocycles. The van der Waals surface area contributed by atoms with E-state index in [4.69, 9.17) is 10.8 Å². The molecule has 0 spiro atoms. The van der Waals surface area contributed by atoms with Gasteiger partial charge in [-0.05, 0) is 29.2 Å². The van der Waals surface area contributed by atoms with E-state index in [0.29, 0.717) is 25.9 Å². The Balaban J connectivity index is 1.93. The lowest BCUT2D eigenvalue weighted by atomic mass is 9.92. The van der Waals surface area contributed by atoms with Crippen LogP contribution in [0.1, 0.15) is 24.4 Å². The van der Waals surface area contributed by atoms with Crippen molar-refractivity contribution in [1.82, 2.24) is 4.90 Å². The molecule has 0 aliphatic carbocycles. The van der Waals surface area contributed by atoms with Crippen molar-refractivity contribution >= 4 is 22.6 Å². The molecule has 0 bridgehead atoms. The van der Waals surface area contributed by atoms with Gasteiger partial charge in [-0.1, -0.05) is 42.5 Å². The molecule has 0 aromatic heterocycles. The molecule has 1 amide bonds. The number of hydrogen-bond donors (Lipinski definition) is 2. The predicted molar refractivity (Wildman–Crippen MR) is 87.8 cm³/mol. The Morgan fingerprint density at radius 2 is 1.74 bits per heavy atom. The first-order chi connectivity index (χ1) is 11.1. The van der Waals surface area contributed by atoms with Gasteiger partial charge in [0, 0.05) is 13.1 Å². The average Bonchev–Trinajstić information content (AvgIpc) is 2.55. The lowest BCUT2D eigenvalue weighted by Crippen LogP contribution is -2.43. The van der Waals surface area contributed by atoms with Crippen molar-refractivity contribution in [2.75, 3.05) is 13.1 Å². The summed E-state index contributed by atoms with van der Waals surface area (Å²) in [6, 6.07) is 13.3. The quantitative estimate of drug-likeness (QED) is 0.906. The number of amides is 1. The van der Waals surface area contributed by atoms with Crippen molar-refractivity contribution in [1.29, 1.82) is 0 Å². The van der Waals surface area contributed by atoms with Gasteiger partial charge in [-0.2, -0.15) is 0 Å². The maximum Gasteiger partial charge on any atom is 0.306 e. The van der Waals surface area contributed by atoms with Crippen LogP contribution in [-0.2, 0) is 9.59 Å². The summed E-state index contributed by atoms with van der Waals surface area (Å²) in [5.41, 5.74) is 6.58. The highest BCUT2D eigenvalue weighted by atomic mass is 16.4. The fourth-order valence-electron chi connectivity index (χ4n) is 3.42. The molecule has 2 aromatic rings. The highest BCUT2D eigenvalue weighted by Crippen LogP contribution is 2.31. The minimum absolute atomic E-state index is 0.327. The van der Waals surface area contributed by atoms with Gasteiger partial charge < -0.3 is 10.8 Å². The molecule has 1 fully saturated rings. The van der Waals surface area contributed by atoms with Gasteiger partial charge in [0.05, 0.1) is 5.92 Å².